The van der Waals surface area contributed by atoms with Crippen LogP contribution in [0.3, 0.4) is 0 Å². The minimum absolute atomic E-state index is 0.186. The summed E-state index contributed by atoms with van der Waals surface area (Å²) in [6.07, 6.45) is 0.258. The SMILES string of the molecule is O=C1c2ccccc2C(O)N1CCCCC(=O)N1C(=O)OCC1Cc1ccccc1. The monoisotopic (exact) mass is 408 g/mol. The maximum Gasteiger partial charge on any atom is 0.416 e. The molecule has 0 spiro atoms. The highest BCUT2D eigenvalue weighted by molar-refractivity contribution is 5.98. The average molecular weight is 408 g/mol. The molecule has 2 atom stereocenters. The summed E-state index contributed by atoms with van der Waals surface area (Å²) in [4.78, 5) is 39.8. The van der Waals surface area contributed by atoms with Gasteiger partial charge in [-0.3, -0.25) is 9.59 Å². The third-order valence-corrected chi connectivity index (χ3v) is 5.61. The molecule has 2 heterocycles. The van der Waals surface area contributed by atoms with Gasteiger partial charge in [-0.1, -0.05) is 48.5 Å². The number of fused-ring (bicyclic) bond motifs is 1. The summed E-state index contributed by atoms with van der Waals surface area (Å²) in [5, 5.41) is 10.4. The van der Waals surface area contributed by atoms with Crippen molar-refractivity contribution >= 4 is 17.9 Å². The number of amides is 3. The molecule has 1 saturated heterocycles. The molecule has 2 unspecified atom stereocenters. The van der Waals surface area contributed by atoms with Gasteiger partial charge in [0.1, 0.15) is 6.61 Å². The Morgan fingerprint density at radius 1 is 1.03 bits per heavy atom. The van der Waals surface area contributed by atoms with Crippen LogP contribution in [0.4, 0.5) is 4.79 Å². The zero-order valence-corrected chi connectivity index (χ0v) is 16.6. The summed E-state index contributed by atoms with van der Waals surface area (Å²) in [5.41, 5.74) is 2.17. The van der Waals surface area contributed by atoms with Gasteiger partial charge in [-0.25, -0.2) is 9.69 Å². The number of rotatable bonds is 7. The Labute approximate surface area is 174 Å². The van der Waals surface area contributed by atoms with Gasteiger partial charge >= 0.3 is 6.09 Å². The van der Waals surface area contributed by atoms with Crippen molar-refractivity contribution in [1.29, 1.82) is 0 Å². The summed E-state index contributed by atoms with van der Waals surface area (Å²) in [6.45, 7) is 0.548. The highest BCUT2D eigenvalue weighted by atomic mass is 16.6. The van der Waals surface area contributed by atoms with Crippen molar-refractivity contribution in [2.24, 2.45) is 0 Å². The van der Waals surface area contributed by atoms with Crippen LogP contribution in [0, 0.1) is 0 Å². The highest BCUT2D eigenvalue weighted by Crippen LogP contribution is 2.31. The van der Waals surface area contributed by atoms with E-state index in [1.54, 1.807) is 24.3 Å². The van der Waals surface area contributed by atoms with Crippen LogP contribution in [-0.2, 0) is 16.0 Å². The van der Waals surface area contributed by atoms with Gasteiger partial charge in [0.15, 0.2) is 6.23 Å². The number of ether oxygens (including phenoxy) is 1. The van der Waals surface area contributed by atoms with Gasteiger partial charge in [-0.05, 0) is 30.9 Å². The molecule has 0 radical (unpaired) electrons. The number of aliphatic hydroxyl groups is 1. The first kappa shape index (κ1) is 20.1. The molecule has 2 aromatic rings. The van der Waals surface area contributed by atoms with Gasteiger partial charge in [0.2, 0.25) is 5.91 Å². The summed E-state index contributed by atoms with van der Waals surface area (Å²) in [6, 6.07) is 16.4. The van der Waals surface area contributed by atoms with Gasteiger partial charge in [-0.15, -0.1) is 0 Å². The maximum absolute atomic E-state index is 12.7. The van der Waals surface area contributed by atoms with E-state index in [9.17, 15) is 19.5 Å². The molecular weight excluding hydrogens is 384 g/mol. The molecule has 30 heavy (non-hydrogen) atoms. The van der Waals surface area contributed by atoms with Crippen molar-refractivity contribution in [3.05, 3.63) is 71.3 Å². The van der Waals surface area contributed by atoms with E-state index in [0.717, 1.165) is 5.56 Å². The minimum atomic E-state index is -0.951. The molecular formula is C23H24N2O5. The number of aliphatic hydroxyl groups excluding tert-OH is 1. The van der Waals surface area contributed by atoms with E-state index >= 15 is 0 Å². The van der Waals surface area contributed by atoms with Crippen molar-refractivity contribution < 1.29 is 24.2 Å². The van der Waals surface area contributed by atoms with E-state index in [0.29, 0.717) is 36.9 Å². The summed E-state index contributed by atoms with van der Waals surface area (Å²) >= 11 is 0. The van der Waals surface area contributed by atoms with Crippen LogP contribution in [0.15, 0.2) is 54.6 Å². The second kappa shape index (κ2) is 8.67. The predicted molar refractivity (Wildman–Crippen MR) is 108 cm³/mol. The van der Waals surface area contributed by atoms with E-state index in [2.05, 4.69) is 0 Å². The largest absolute Gasteiger partial charge is 0.447 e. The topological polar surface area (TPSA) is 87.2 Å². The third kappa shape index (κ3) is 3.93. The Morgan fingerprint density at radius 2 is 1.77 bits per heavy atom. The summed E-state index contributed by atoms with van der Waals surface area (Å²) in [7, 11) is 0. The smallest absolute Gasteiger partial charge is 0.416 e. The van der Waals surface area contributed by atoms with Gasteiger partial charge in [-0.2, -0.15) is 0 Å². The first-order chi connectivity index (χ1) is 14.6. The van der Waals surface area contributed by atoms with Crippen LogP contribution in [0.25, 0.3) is 0 Å². The number of cyclic esters (lactones) is 1. The van der Waals surface area contributed by atoms with Crippen molar-refractivity contribution in [3.8, 4) is 0 Å². The molecule has 2 aliphatic rings. The lowest BCUT2D eigenvalue weighted by Crippen LogP contribution is -2.40. The minimum Gasteiger partial charge on any atom is -0.447 e. The molecule has 2 aliphatic heterocycles. The Balaban J connectivity index is 1.28. The molecule has 0 bridgehead atoms. The quantitative estimate of drug-likeness (QED) is 0.712. The zero-order chi connectivity index (χ0) is 21.1. The Bertz CT molecular complexity index is 946. The Kier molecular flexibility index (Phi) is 5.81. The number of hydrogen-bond donors (Lipinski definition) is 1. The van der Waals surface area contributed by atoms with E-state index < -0.39 is 12.3 Å². The lowest BCUT2D eigenvalue weighted by molar-refractivity contribution is -0.129. The number of benzene rings is 2. The van der Waals surface area contributed by atoms with Gasteiger partial charge in [0.05, 0.1) is 6.04 Å². The average Bonchev–Trinajstić information content (AvgIpc) is 3.24. The molecule has 2 aromatic carbocycles. The number of carbonyl (C=O) groups is 3. The lowest BCUT2D eigenvalue weighted by Gasteiger charge is -2.22. The number of imide groups is 1. The number of hydrogen-bond acceptors (Lipinski definition) is 5. The van der Waals surface area contributed by atoms with Crippen molar-refractivity contribution in [3.63, 3.8) is 0 Å². The van der Waals surface area contributed by atoms with Crippen LogP contribution in [0.2, 0.25) is 0 Å². The fourth-order valence-corrected chi connectivity index (χ4v) is 4.06. The fourth-order valence-electron chi connectivity index (χ4n) is 4.06. The molecule has 7 nitrogen and oxygen atoms in total. The molecule has 156 valence electrons. The van der Waals surface area contributed by atoms with Gasteiger partial charge < -0.3 is 14.7 Å². The maximum atomic E-state index is 12.7. The van der Waals surface area contributed by atoms with Gasteiger partial charge in [0.25, 0.3) is 5.91 Å². The molecule has 1 fully saturated rings. The van der Waals surface area contributed by atoms with E-state index in [-0.39, 0.29) is 30.9 Å². The van der Waals surface area contributed by atoms with Crippen LogP contribution in [0.5, 0.6) is 0 Å². The third-order valence-electron chi connectivity index (χ3n) is 5.61. The van der Waals surface area contributed by atoms with Crippen LogP contribution in [-0.4, -0.2) is 52.0 Å². The van der Waals surface area contributed by atoms with E-state index in [1.807, 2.05) is 30.3 Å². The molecule has 0 aromatic heterocycles. The van der Waals surface area contributed by atoms with Gasteiger partial charge in [0, 0.05) is 24.1 Å². The number of carbonyl (C=O) groups excluding carboxylic acids is 3. The number of unbranched alkanes of at least 4 members (excludes halogenated alkanes) is 1. The Hall–Kier alpha value is -3.19. The lowest BCUT2D eigenvalue weighted by atomic mass is 10.1. The van der Waals surface area contributed by atoms with Crippen molar-refractivity contribution in [1.82, 2.24) is 9.80 Å². The van der Waals surface area contributed by atoms with Crippen molar-refractivity contribution in [2.75, 3.05) is 13.2 Å². The normalized spacial score (nSPS) is 20.4. The van der Waals surface area contributed by atoms with E-state index in [1.165, 1.54) is 9.80 Å². The molecule has 7 heteroatoms. The predicted octanol–water partition coefficient (Wildman–Crippen LogP) is 2.89. The first-order valence-electron chi connectivity index (χ1n) is 10.2. The number of nitrogens with zero attached hydrogens (tertiary/aromatic N) is 2. The molecule has 0 saturated carbocycles. The van der Waals surface area contributed by atoms with Crippen LogP contribution >= 0.6 is 0 Å². The standard InChI is InChI=1S/C23H24N2O5/c26-20(25-17(15-30-23(25)29)14-16-8-2-1-3-9-16)12-6-7-13-24-21(27)18-10-4-5-11-19(18)22(24)28/h1-5,8-11,17,21,27H,6-7,12-15H2. The first-order valence-corrected chi connectivity index (χ1v) is 10.2. The molecule has 3 amide bonds. The molecule has 0 aliphatic carbocycles. The van der Waals surface area contributed by atoms with Crippen molar-refractivity contribution in [2.45, 2.75) is 38.0 Å². The highest BCUT2D eigenvalue weighted by Gasteiger charge is 2.38. The molecule has 1 N–H and O–H groups in total. The zero-order valence-electron chi connectivity index (χ0n) is 16.6. The fraction of sp³-hybridized carbons (Fsp3) is 0.348. The Morgan fingerprint density at radius 3 is 2.53 bits per heavy atom. The second-order valence-electron chi connectivity index (χ2n) is 7.60. The second-order valence-corrected chi connectivity index (χ2v) is 7.60. The molecule has 4 rings (SSSR count). The van der Waals surface area contributed by atoms with E-state index in [4.69, 9.17) is 4.74 Å². The summed E-state index contributed by atoms with van der Waals surface area (Å²) < 4.78 is 5.10. The summed E-state index contributed by atoms with van der Waals surface area (Å²) in [5.74, 6) is -0.467. The van der Waals surface area contributed by atoms with Crippen LogP contribution in [0.1, 0.15) is 47.0 Å². The van der Waals surface area contributed by atoms with Crippen LogP contribution < -0.4 is 0 Å².